The molecule has 0 bridgehead atoms. The molecule has 0 spiro atoms. The van der Waals surface area contributed by atoms with Gasteiger partial charge in [-0.25, -0.2) is 4.98 Å². The zero-order valence-electron chi connectivity index (χ0n) is 14.1. The van der Waals surface area contributed by atoms with E-state index in [1.165, 1.54) is 19.3 Å². The number of amidine groups is 1. The topological polar surface area (TPSA) is 60.2 Å². The van der Waals surface area contributed by atoms with E-state index in [1.807, 2.05) is 18.7 Å². The van der Waals surface area contributed by atoms with Crippen molar-refractivity contribution in [1.29, 1.82) is 5.41 Å². The Labute approximate surface area is 137 Å². The molecule has 0 fully saturated rings. The Balaban J connectivity index is 2.09. The molecule has 4 nitrogen and oxygen atoms in total. The predicted octanol–water partition coefficient (Wildman–Crippen LogP) is 4.54. The van der Waals surface area contributed by atoms with E-state index in [2.05, 4.69) is 18.8 Å². The smallest absolute Gasteiger partial charge is 0.135 e. The van der Waals surface area contributed by atoms with Crippen LogP contribution in [0.4, 0.5) is 0 Å². The van der Waals surface area contributed by atoms with Crippen molar-refractivity contribution in [2.24, 2.45) is 5.92 Å². The van der Waals surface area contributed by atoms with Crippen LogP contribution in [0, 0.1) is 25.2 Å². The molecule has 1 aromatic heterocycles. The van der Waals surface area contributed by atoms with Crippen LogP contribution in [0.5, 0.6) is 0 Å². The van der Waals surface area contributed by atoms with Crippen LogP contribution in [0.2, 0.25) is 0 Å². The minimum absolute atomic E-state index is 0.295. The van der Waals surface area contributed by atoms with Crippen molar-refractivity contribution in [2.45, 2.75) is 53.4 Å². The maximum absolute atomic E-state index is 10.3. The van der Waals surface area contributed by atoms with Crippen LogP contribution in [0.3, 0.4) is 0 Å². The lowest BCUT2D eigenvalue weighted by Gasteiger charge is -2.24. The SMILES string of the molecule is CCCCC(CC)CN1CC(O)=C(c2nc(C)c(C)s2)C1=N. The fourth-order valence-corrected chi connectivity index (χ4v) is 3.81. The van der Waals surface area contributed by atoms with Crippen LogP contribution in [0.25, 0.3) is 5.57 Å². The summed E-state index contributed by atoms with van der Waals surface area (Å²) in [4.78, 5) is 7.66. The van der Waals surface area contributed by atoms with Crippen LogP contribution in [-0.4, -0.2) is 33.9 Å². The second-order valence-electron chi connectivity index (χ2n) is 6.13. The molecule has 0 aromatic carbocycles. The van der Waals surface area contributed by atoms with E-state index in [0.717, 1.165) is 28.5 Å². The molecule has 22 heavy (non-hydrogen) atoms. The summed E-state index contributed by atoms with van der Waals surface area (Å²) in [6, 6.07) is 0. The molecule has 0 aliphatic carbocycles. The number of aliphatic hydroxyl groups excluding tert-OH is 1. The molecule has 2 heterocycles. The highest BCUT2D eigenvalue weighted by molar-refractivity contribution is 7.13. The van der Waals surface area contributed by atoms with E-state index in [4.69, 9.17) is 5.41 Å². The Bertz CT molecular complexity index is 557. The molecule has 5 heteroatoms. The zero-order chi connectivity index (χ0) is 16.3. The molecule has 122 valence electrons. The number of thiazole rings is 1. The summed E-state index contributed by atoms with van der Waals surface area (Å²) in [6.07, 6.45) is 4.76. The van der Waals surface area contributed by atoms with E-state index >= 15 is 0 Å². The molecule has 0 saturated carbocycles. The second-order valence-corrected chi connectivity index (χ2v) is 7.33. The third kappa shape index (κ3) is 3.51. The number of nitrogens with one attached hydrogen (secondary N) is 1. The number of aromatic nitrogens is 1. The van der Waals surface area contributed by atoms with Gasteiger partial charge in [-0.15, -0.1) is 11.3 Å². The molecule has 2 rings (SSSR count). The fraction of sp³-hybridized carbons (Fsp3) is 0.647. The first-order chi connectivity index (χ1) is 10.5. The van der Waals surface area contributed by atoms with Crippen molar-refractivity contribution < 1.29 is 5.11 Å². The standard InChI is InChI=1S/C17H27N3OS/c1-5-7-8-13(6-2)9-20-10-14(21)15(16(20)18)17-19-11(3)12(4)22-17/h13,18,21H,5-10H2,1-4H3. The lowest BCUT2D eigenvalue weighted by Crippen LogP contribution is -2.32. The molecule has 0 radical (unpaired) electrons. The van der Waals surface area contributed by atoms with Gasteiger partial charge >= 0.3 is 0 Å². The Morgan fingerprint density at radius 2 is 2.09 bits per heavy atom. The number of aliphatic hydroxyl groups is 1. The molecule has 0 amide bonds. The summed E-state index contributed by atoms with van der Waals surface area (Å²) in [7, 11) is 0. The van der Waals surface area contributed by atoms with E-state index < -0.39 is 0 Å². The maximum atomic E-state index is 10.3. The summed E-state index contributed by atoms with van der Waals surface area (Å²) in [6.45, 7) is 9.73. The minimum Gasteiger partial charge on any atom is -0.510 e. The molecule has 1 unspecified atom stereocenters. The van der Waals surface area contributed by atoms with Gasteiger partial charge in [0.05, 0.1) is 17.8 Å². The van der Waals surface area contributed by atoms with Gasteiger partial charge in [0.2, 0.25) is 0 Å². The van der Waals surface area contributed by atoms with Gasteiger partial charge in [-0.3, -0.25) is 5.41 Å². The molecular weight excluding hydrogens is 294 g/mol. The lowest BCUT2D eigenvalue weighted by atomic mass is 9.99. The van der Waals surface area contributed by atoms with Crippen molar-refractivity contribution in [3.63, 3.8) is 0 Å². The average molecular weight is 321 g/mol. The monoisotopic (exact) mass is 321 g/mol. The highest BCUT2D eigenvalue weighted by Gasteiger charge is 2.31. The predicted molar refractivity (Wildman–Crippen MR) is 93.7 cm³/mol. The van der Waals surface area contributed by atoms with Crippen molar-refractivity contribution in [1.82, 2.24) is 9.88 Å². The summed E-state index contributed by atoms with van der Waals surface area (Å²) in [5.41, 5.74) is 1.62. The van der Waals surface area contributed by atoms with Gasteiger partial charge in [-0.05, 0) is 26.2 Å². The van der Waals surface area contributed by atoms with Crippen LogP contribution in [-0.2, 0) is 0 Å². The van der Waals surface area contributed by atoms with Gasteiger partial charge in [-0.2, -0.15) is 0 Å². The molecule has 1 aromatic rings. The molecule has 2 N–H and O–H groups in total. The Hall–Kier alpha value is -1.36. The quantitative estimate of drug-likeness (QED) is 0.775. The summed E-state index contributed by atoms with van der Waals surface area (Å²) >= 11 is 1.56. The first kappa shape index (κ1) is 17.0. The highest BCUT2D eigenvalue weighted by atomic mass is 32.1. The number of hydrogen-bond donors (Lipinski definition) is 2. The summed E-state index contributed by atoms with van der Waals surface area (Å²) < 4.78 is 0. The van der Waals surface area contributed by atoms with Crippen molar-refractivity contribution in [3.8, 4) is 0 Å². The summed E-state index contributed by atoms with van der Waals surface area (Å²) in [5.74, 6) is 1.32. The van der Waals surface area contributed by atoms with E-state index in [1.54, 1.807) is 11.3 Å². The molecule has 1 aliphatic heterocycles. The number of nitrogens with zero attached hydrogens (tertiary/aromatic N) is 2. The first-order valence-corrected chi connectivity index (χ1v) is 8.99. The Kier molecular flexibility index (Phi) is 5.62. The van der Waals surface area contributed by atoms with Gasteiger partial charge < -0.3 is 10.0 Å². The maximum Gasteiger partial charge on any atom is 0.135 e. The second kappa shape index (κ2) is 7.27. The molecule has 0 saturated heterocycles. The normalized spacial score (nSPS) is 16.7. The molecular formula is C17H27N3OS. The fourth-order valence-electron chi connectivity index (χ4n) is 2.82. The number of unbranched alkanes of at least 4 members (excludes halogenated alkanes) is 1. The van der Waals surface area contributed by atoms with E-state index in [-0.39, 0.29) is 0 Å². The van der Waals surface area contributed by atoms with Crippen LogP contribution in [0.1, 0.15) is 55.1 Å². The molecule has 1 aliphatic rings. The minimum atomic E-state index is 0.295. The third-order valence-electron chi connectivity index (χ3n) is 4.45. The number of rotatable bonds is 7. The number of hydrogen-bond acceptors (Lipinski definition) is 4. The summed E-state index contributed by atoms with van der Waals surface area (Å²) in [5, 5.41) is 19.5. The van der Waals surface area contributed by atoms with E-state index in [0.29, 0.717) is 29.6 Å². The van der Waals surface area contributed by atoms with Gasteiger partial charge in [0.1, 0.15) is 16.6 Å². The largest absolute Gasteiger partial charge is 0.510 e. The van der Waals surface area contributed by atoms with Gasteiger partial charge in [0.15, 0.2) is 0 Å². The number of aryl methyl sites for hydroxylation is 2. The van der Waals surface area contributed by atoms with Crippen molar-refractivity contribution in [3.05, 3.63) is 21.3 Å². The molecule has 1 atom stereocenters. The van der Waals surface area contributed by atoms with Crippen LogP contribution < -0.4 is 0 Å². The Morgan fingerprint density at radius 3 is 2.64 bits per heavy atom. The van der Waals surface area contributed by atoms with Gasteiger partial charge in [0.25, 0.3) is 0 Å². The van der Waals surface area contributed by atoms with Crippen LogP contribution >= 0.6 is 11.3 Å². The third-order valence-corrected chi connectivity index (χ3v) is 5.54. The van der Waals surface area contributed by atoms with Crippen molar-refractivity contribution >= 4 is 22.7 Å². The van der Waals surface area contributed by atoms with Crippen LogP contribution in [0.15, 0.2) is 5.76 Å². The zero-order valence-corrected chi connectivity index (χ0v) is 14.9. The van der Waals surface area contributed by atoms with Gasteiger partial charge in [0, 0.05) is 11.4 Å². The Morgan fingerprint density at radius 1 is 1.36 bits per heavy atom. The lowest BCUT2D eigenvalue weighted by molar-refractivity contribution is 0.298. The van der Waals surface area contributed by atoms with Gasteiger partial charge in [-0.1, -0.05) is 33.1 Å². The highest BCUT2D eigenvalue weighted by Crippen LogP contribution is 2.32. The van der Waals surface area contributed by atoms with Crippen molar-refractivity contribution in [2.75, 3.05) is 13.1 Å². The average Bonchev–Trinajstić information content (AvgIpc) is 2.94. The van der Waals surface area contributed by atoms with E-state index in [9.17, 15) is 5.11 Å². The first-order valence-electron chi connectivity index (χ1n) is 8.18.